The molecule has 1 heteroatoms. The Morgan fingerprint density at radius 2 is 1.56 bits per heavy atom. The van der Waals surface area contributed by atoms with Crippen LogP contribution in [-0.2, 0) is 4.79 Å². The average Bonchev–Trinajstić information content (AvgIpc) is 2.45. The van der Waals surface area contributed by atoms with Crippen LogP contribution in [0, 0.1) is 0 Å². The molecular formula is C17H11O. The SMILES string of the molecule is O=[C]C=Cc1ccc2ccc3ccccc3c2c1. The van der Waals surface area contributed by atoms with Gasteiger partial charge in [0.25, 0.3) is 0 Å². The molecule has 0 heterocycles. The van der Waals surface area contributed by atoms with Crippen LogP contribution >= 0.6 is 0 Å². The normalized spacial score (nSPS) is 11.3. The lowest BCUT2D eigenvalue weighted by molar-refractivity contribution is 0.564. The van der Waals surface area contributed by atoms with Crippen molar-refractivity contribution in [2.24, 2.45) is 0 Å². The van der Waals surface area contributed by atoms with E-state index in [4.69, 9.17) is 0 Å². The first-order chi connectivity index (χ1) is 8.88. The zero-order chi connectivity index (χ0) is 12.4. The lowest BCUT2D eigenvalue weighted by atomic mass is 10.00. The summed E-state index contributed by atoms with van der Waals surface area (Å²) in [5.74, 6) is 0. The average molecular weight is 231 g/mol. The molecule has 0 saturated heterocycles. The Hall–Kier alpha value is -2.41. The molecule has 0 fully saturated rings. The summed E-state index contributed by atoms with van der Waals surface area (Å²) in [6.07, 6.45) is 4.94. The van der Waals surface area contributed by atoms with Gasteiger partial charge >= 0.3 is 0 Å². The first kappa shape index (κ1) is 10.7. The van der Waals surface area contributed by atoms with Crippen LogP contribution in [0.1, 0.15) is 5.56 Å². The van der Waals surface area contributed by atoms with Crippen LogP contribution in [0.15, 0.2) is 60.7 Å². The molecule has 0 atom stereocenters. The van der Waals surface area contributed by atoms with E-state index >= 15 is 0 Å². The molecule has 1 nitrogen and oxygen atoms in total. The van der Waals surface area contributed by atoms with Crippen LogP contribution in [0.5, 0.6) is 0 Å². The molecule has 0 aliphatic carbocycles. The van der Waals surface area contributed by atoms with Crippen molar-refractivity contribution in [1.82, 2.24) is 0 Å². The Labute approximate surface area is 105 Å². The van der Waals surface area contributed by atoms with Gasteiger partial charge in [-0.25, -0.2) is 0 Å². The largest absolute Gasteiger partial charge is 0.286 e. The fraction of sp³-hybridized carbons (Fsp3) is 0. The van der Waals surface area contributed by atoms with Crippen molar-refractivity contribution in [2.45, 2.75) is 0 Å². The molecule has 18 heavy (non-hydrogen) atoms. The quantitative estimate of drug-likeness (QED) is 0.479. The first-order valence-electron chi connectivity index (χ1n) is 5.84. The van der Waals surface area contributed by atoms with Gasteiger partial charge in [0.15, 0.2) is 0 Å². The Kier molecular flexibility index (Phi) is 2.66. The molecular weight excluding hydrogens is 220 g/mol. The number of benzene rings is 3. The van der Waals surface area contributed by atoms with Crippen molar-refractivity contribution in [2.75, 3.05) is 0 Å². The van der Waals surface area contributed by atoms with E-state index in [-0.39, 0.29) is 0 Å². The highest BCUT2D eigenvalue weighted by atomic mass is 16.1. The number of hydrogen-bond donors (Lipinski definition) is 0. The van der Waals surface area contributed by atoms with Gasteiger partial charge in [-0.05, 0) is 39.3 Å². The monoisotopic (exact) mass is 231 g/mol. The van der Waals surface area contributed by atoms with E-state index in [2.05, 4.69) is 36.4 Å². The topological polar surface area (TPSA) is 17.1 Å². The summed E-state index contributed by atoms with van der Waals surface area (Å²) < 4.78 is 0. The van der Waals surface area contributed by atoms with Crippen molar-refractivity contribution in [1.29, 1.82) is 0 Å². The zero-order valence-electron chi connectivity index (χ0n) is 9.76. The van der Waals surface area contributed by atoms with Gasteiger partial charge in [0.2, 0.25) is 6.29 Å². The van der Waals surface area contributed by atoms with Gasteiger partial charge in [-0.3, -0.25) is 4.79 Å². The summed E-state index contributed by atoms with van der Waals surface area (Å²) in [4.78, 5) is 10.2. The van der Waals surface area contributed by atoms with Gasteiger partial charge < -0.3 is 0 Å². The highest BCUT2D eigenvalue weighted by Crippen LogP contribution is 2.26. The molecule has 3 aromatic rings. The molecule has 0 aliphatic heterocycles. The van der Waals surface area contributed by atoms with Crippen LogP contribution in [0.2, 0.25) is 0 Å². The van der Waals surface area contributed by atoms with E-state index in [1.54, 1.807) is 12.4 Å². The summed E-state index contributed by atoms with van der Waals surface area (Å²) in [5.41, 5.74) is 1.02. The summed E-state index contributed by atoms with van der Waals surface area (Å²) >= 11 is 0. The smallest absolute Gasteiger partial charge is 0.225 e. The van der Waals surface area contributed by atoms with Gasteiger partial charge in [-0.1, -0.05) is 54.6 Å². The number of fused-ring (bicyclic) bond motifs is 3. The lowest BCUT2D eigenvalue weighted by Gasteiger charge is -2.04. The standard InChI is InChI=1S/C17H11O/c18-11-3-4-13-7-8-15-10-9-14-5-1-2-6-16(14)17(15)12-13/h1-10,12H. The maximum atomic E-state index is 10.2. The van der Waals surface area contributed by atoms with E-state index in [1.807, 2.05) is 18.2 Å². The molecule has 0 spiro atoms. The van der Waals surface area contributed by atoms with E-state index in [0.717, 1.165) is 5.56 Å². The van der Waals surface area contributed by atoms with Crippen molar-refractivity contribution >= 4 is 33.9 Å². The van der Waals surface area contributed by atoms with E-state index in [9.17, 15) is 4.79 Å². The molecule has 3 aromatic carbocycles. The van der Waals surface area contributed by atoms with Crippen LogP contribution in [0.25, 0.3) is 27.6 Å². The van der Waals surface area contributed by atoms with Gasteiger partial charge in [0, 0.05) is 0 Å². The number of hydrogen-bond acceptors (Lipinski definition) is 1. The van der Waals surface area contributed by atoms with Crippen molar-refractivity contribution in [3.63, 3.8) is 0 Å². The molecule has 0 saturated carbocycles. The van der Waals surface area contributed by atoms with Gasteiger partial charge in [0.1, 0.15) is 0 Å². The Morgan fingerprint density at radius 3 is 2.39 bits per heavy atom. The second-order valence-electron chi connectivity index (χ2n) is 4.22. The Balaban J connectivity index is 2.33. The minimum absolute atomic E-state index is 1.02. The summed E-state index contributed by atoms with van der Waals surface area (Å²) in [6, 6.07) is 18.8. The summed E-state index contributed by atoms with van der Waals surface area (Å²) in [7, 11) is 0. The predicted octanol–water partition coefficient (Wildman–Crippen LogP) is 4.12. The van der Waals surface area contributed by atoms with Gasteiger partial charge in [-0.2, -0.15) is 0 Å². The first-order valence-corrected chi connectivity index (χ1v) is 5.84. The highest BCUT2D eigenvalue weighted by molar-refractivity contribution is 6.08. The van der Waals surface area contributed by atoms with E-state index in [1.165, 1.54) is 27.6 Å². The third-order valence-electron chi connectivity index (χ3n) is 3.11. The van der Waals surface area contributed by atoms with E-state index in [0.29, 0.717) is 0 Å². The Morgan fingerprint density at radius 1 is 0.833 bits per heavy atom. The number of allylic oxidation sites excluding steroid dienone is 1. The Bertz CT molecular complexity index is 754. The zero-order valence-corrected chi connectivity index (χ0v) is 9.76. The molecule has 85 valence electrons. The van der Waals surface area contributed by atoms with Gasteiger partial charge in [0.05, 0.1) is 0 Å². The third-order valence-corrected chi connectivity index (χ3v) is 3.11. The maximum Gasteiger partial charge on any atom is 0.225 e. The summed E-state index contributed by atoms with van der Waals surface area (Å²) in [5, 5.41) is 4.88. The van der Waals surface area contributed by atoms with Crippen molar-refractivity contribution in [3.05, 3.63) is 66.2 Å². The van der Waals surface area contributed by atoms with E-state index < -0.39 is 0 Å². The third kappa shape index (κ3) is 1.80. The van der Waals surface area contributed by atoms with Crippen molar-refractivity contribution in [3.8, 4) is 0 Å². The molecule has 0 aliphatic rings. The fourth-order valence-corrected chi connectivity index (χ4v) is 2.25. The fourth-order valence-electron chi connectivity index (χ4n) is 2.25. The van der Waals surface area contributed by atoms with Crippen LogP contribution in [-0.4, -0.2) is 6.29 Å². The highest BCUT2D eigenvalue weighted by Gasteiger charge is 2.00. The minimum atomic E-state index is 1.02. The van der Waals surface area contributed by atoms with Gasteiger partial charge in [-0.15, -0.1) is 0 Å². The maximum absolute atomic E-state index is 10.2. The number of rotatable bonds is 2. The molecule has 0 N–H and O–H groups in total. The molecule has 0 amide bonds. The molecule has 0 bridgehead atoms. The summed E-state index contributed by atoms with van der Waals surface area (Å²) in [6.45, 7) is 0. The molecule has 0 unspecified atom stereocenters. The second-order valence-corrected chi connectivity index (χ2v) is 4.22. The lowest BCUT2D eigenvalue weighted by Crippen LogP contribution is -1.79. The molecule has 0 aromatic heterocycles. The predicted molar refractivity (Wildman–Crippen MR) is 76.2 cm³/mol. The van der Waals surface area contributed by atoms with Crippen LogP contribution in [0.4, 0.5) is 0 Å². The molecule has 3 rings (SSSR count). The number of carbonyl (C=O) groups excluding carboxylic acids is 1. The van der Waals surface area contributed by atoms with Crippen molar-refractivity contribution < 1.29 is 4.79 Å². The minimum Gasteiger partial charge on any atom is -0.286 e. The molecule has 1 radical (unpaired) electrons. The van der Waals surface area contributed by atoms with Crippen LogP contribution in [0.3, 0.4) is 0 Å². The second kappa shape index (κ2) is 4.46. The van der Waals surface area contributed by atoms with Crippen LogP contribution < -0.4 is 0 Å².